The van der Waals surface area contributed by atoms with Crippen molar-refractivity contribution >= 4 is 17.7 Å². The van der Waals surface area contributed by atoms with E-state index in [4.69, 9.17) is 0 Å². The van der Waals surface area contributed by atoms with E-state index in [-0.39, 0.29) is 0 Å². The maximum atomic E-state index is 2.37. The van der Waals surface area contributed by atoms with Crippen molar-refractivity contribution in [3.05, 3.63) is 0 Å². The van der Waals surface area contributed by atoms with Gasteiger partial charge < -0.3 is 0 Å². The minimum absolute atomic E-state index is 1.19. The van der Waals surface area contributed by atoms with Gasteiger partial charge in [-0.05, 0) is 0 Å². The zero-order chi connectivity index (χ0) is 7.82. The van der Waals surface area contributed by atoms with Crippen LogP contribution in [0.3, 0.4) is 0 Å². The number of unbranched alkanes of at least 4 members (excludes halogenated alkanes) is 2. The van der Waals surface area contributed by atoms with Crippen molar-refractivity contribution in [2.24, 2.45) is 0 Å². The van der Waals surface area contributed by atoms with Gasteiger partial charge in [0.25, 0.3) is 0 Å². The van der Waals surface area contributed by atoms with Crippen molar-refractivity contribution < 1.29 is 0 Å². The Bertz CT molecular complexity index is 66.3. The molecule has 1 nitrogen and oxygen atoms in total. The Morgan fingerprint density at radius 2 is 1.90 bits per heavy atom. The average molecular weight is 135 g/mol. The van der Waals surface area contributed by atoms with E-state index in [1.54, 1.807) is 0 Å². The molecule has 0 aliphatic rings. The Balaban J connectivity index is 2.89. The third-order valence-electron chi connectivity index (χ3n) is 1.93. The van der Waals surface area contributed by atoms with E-state index in [2.05, 4.69) is 36.6 Å². The van der Waals surface area contributed by atoms with Gasteiger partial charge in [0.15, 0.2) is 0 Å². The van der Waals surface area contributed by atoms with Crippen LogP contribution in [0.4, 0.5) is 0 Å². The Morgan fingerprint density at radius 3 is 2.40 bits per heavy atom. The molecule has 0 bridgehead atoms. The molecule has 0 aliphatic heterocycles. The quantitative estimate of drug-likeness (QED) is 0.396. The van der Waals surface area contributed by atoms with Gasteiger partial charge in [0.05, 0.1) is 0 Å². The number of hydrogen-bond donors (Lipinski definition) is 0. The van der Waals surface area contributed by atoms with Crippen LogP contribution in [0.2, 0.25) is 5.09 Å². The molecule has 0 unspecified atom stereocenters. The van der Waals surface area contributed by atoms with Crippen LogP contribution in [0.15, 0.2) is 0 Å². The van der Waals surface area contributed by atoms with Crippen LogP contribution in [0, 0.1) is 0 Å². The molecule has 0 saturated carbocycles. The molecule has 0 aromatic carbocycles. The van der Waals surface area contributed by atoms with Gasteiger partial charge in [-0.15, -0.1) is 0 Å². The SMILES string of the molecule is [Li][CH2]CCCCN(C)CC. The number of hydrogen-bond acceptors (Lipinski definition) is 1. The summed E-state index contributed by atoms with van der Waals surface area (Å²) < 4.78 is 0. The molecular weight excluding hydrogens is 117 g/mol. The number of nitrogens with zero attached hydrogens (tertiary/aromatic N) is 1. The van der Waals surface area contributed by atoms with Crippen LogP contribution in [-0.2, 0) is 0 Å². The van der Waals surface area contributed by atoms with Crippen LogP contribution >= 0.6 is 0 Å². The Kier molecular flexibility index (Phi) is 8.09. The van der Waals surface area contributed by atoms with E-state index >= 15 is 0 Å². The van der Waals surface area contributed by atoms with Crippen LogP contribution in [0.5, 0.6) is 0 Å². The fourth-order valence-corrected chi connectivity index (χ4v) is 0.967. The van der Waals surface area contributed by atoms with Gasteiger partial charge in [-0.1, -0.05) is 0 Å². The van der Waals surface area contributed by atoms with Gasteiger partial charge in [0, 0.05) is 0 Å². The van der Waals surface area contributed by atoms with Crippen molar-refractivity contribution in [1.29, 1.82) is 0 Å². The van der Waals surface area contributed by atoms with Crippen LogP contribution < -0.4 is 0 Å². The minimum atomic E-state index is 1.19. The zero-order valence-electron chi connectivity index (χ0n) is 7.69. The van der Waals surface area contributed by atoms with Gasteiger partial charge in [0.2, 0.25) is 0 Å². The summed E-state index contributed by atoms with van der Waals surface area (Å²) in [5.74, 6) is 0. The molecule has 0 amide bonds. The van der Waals surface area contributed by atoms with Crippen molar-refractivity contribution in [2.45, 2.75) is 31.3 Å². The molecule has 2 heteroatoms. The van der Waals surface area contributed by atoms with E-state index in [1.165, 1.54) is 37.4 Å². The summed E-state index contributed by atoms with van der Waals surface area (Å²) >= 11 is 2.25. The first-order chi connectivity index (χ1) is 4.81. The molecule has 10 heavy (non-hydrogen) atoms. The van der Waals surface area contributed by atoms with E-state index in [0.717, 1.165) is 0 Å². The normalized spacial score (nSPS) is 10.9. The molecule has 0 spiro atoms. The van der Waals surface area contributed by atoms with E-state index in [9.17, 15) is 0 Å². The predicted octanol–water partition coefficient (Wildman–Crippen LogP) is 1.70. The molecule has 0 fully saturated rings. The summed E-state index contributed by atoms with van der Waals surface area (Å²) in [6, 6.07) is 0. The van der Waals surface area contributed by atoms with Crippen LogP contribution in [0.1, 0.15) is 26.2 Å². The molecule has 0 aromatic heterocycles. The second-order valence-corrected chi connectivity index (χ2v) is 2.96. The predicted molar refractivity (Wildman–Crippen MR) is 47.6 cm³/mol. The molecule has 0 atom stereocenters. The second-order valence-electron chi connectivity index (χ2n) is 2.96. The maximum absolute atomic E-state index is 2.37. The summed E-state index contributed by atoms with van der Waals surface area (Å²) in [6.07, 6.45) is 4.18. The second kappa shape index (κ2) is 7.66. The Labute approximate surface area is 74.4 Å². The van der Waals surface area contributed by atoms with Gasteiger partial charge in [-0.3, -0.25) is 0 Å². The first-order valence-electron chi connectivity index (χ1n) is 4.49. The van der Waals surface area contributed by atoms with E-state index < -0.39 is 0 Å². The van der Waals surface area contributed by atoms with Crippen molar-refractivity contribution in [3.63, 3.8) is 0 Å². The third kappa shape index (κ3) is 6.67. The summed E-state index contributed by atoms with van der Waals surface area (Å²) in [7, 11) is 2.19. The first-order valence-corrected chi connectivity index (χ1v) is 4.49. The molecule has 0 aromatic rings. The van der Waals surface area contributed by atoms with Gasteiger partial charge in [-0.2, -0.15) is 0 Å². The Hall–Kier alpha value is 0.557. The first kappa shape index (κ1) is 10.6. The molecular formula is C8H18LiN. The average Bonchev–Trinajstić information content (AvgIpc) is 1.98. The van der Waals surface area contributed by atoms with E-state index in [1.807, 2.05) is 0 Å². The van der Waals surface area contributed by atoms with Crippen LogP contribution in [0.25, 0.3) is 0 Å². The topological polar surface area (TPSA) is 3.24 Å². The summed E-state index contributed by atoms with van der Waals surface area (Å²) in [4.78, 5) is 2.37. The summed E-state index contributed by atoms with van der Waals surface area (Å²) in [6.45, 7) is 4.67. The van der Waals surface area contributed by atoms with Gasteiger partial charge in [0.1, 0.15) is 0 Å². The summed E-state index contributed by atoms with van der Waals surface area (Å²) in [5, 5.41) is 1.34. The molecule has 0 rings (SSSR count). The third-order valence-corrected chi connectivity index (χ3v) is 1.93. The van der Waals surface area contributed by atoms with Crippen molar-refractivity contribution in [1.82, 2.24) is 4.90 Å². The molecule has 56 valence electrons. The molecule has 0 N–H and O–H groups in total. The Morgan fingerprint density at radius 1 is 1.20 bits per heavy atom. The standard InChI is InChI=1S/C8H18N.Li/c1-4-6-7-8-9(3)5-2;/h1,4-8H2,2-3H3;. The van der Waals surface area contributed by atoms with E-state index in [0.29, 0.717) is 0 Å². The van der Waals surface area contributed by atoms with Gasteiger partial charge >= 0.3 is 74.0 Å². The summed E-state index contributed by atoms with van der Waals surface area (Å²) in [5.41, 5.74) is 0. The molecule has 0 radical (unpaired) electrons. The monoisotopic (exact) mass is 135 g/mol. The molecule has 0 heterocycles. The molecule has 0 saturated heterocycles. The fraction of sp³-hybridized carbons (Fsp3) is 1.00. The molecule has 0 aliphatic carbocycles. The van der Waals surface area contributed by atoms with Crippen molar-refractivity contribution in [3.8, 4) is 0 Å². The van der Waals surface area contributed by atoms with Gasteiger partial charge in [-0.25, -0.2) is 0 Å². The fourth-order valence-electron chi connectivity index (χ4n) is 0.967. The van der Waals surface area contributed by atoms with Crippen LogP contribution in [-0.4, -0.2) is 42.8 Å². The number of rotatable bonds is 6. The zero-order valence-corrected chi connectivity index (χ0v) is 7.69. The van der Waals surface area contributed by atoms with Crippen molar-refractivity contribution in [2.75, 3.05) is 20.1 Å².